The van der Waals surface area contributed by atoms with Crippen molar-refractivity contribution in [3.8, 4) is 5.75 Å². The van der Waals surface area contributed by atoms with Crippen molar-refractivity contribution >= 4 is 35.0 Å². The number of esters is 1. The van der Waals surface area contributed by atoms with Gasteiger partial charge in [-0.25, -0.2) is 4.79 Å². The Morgan fingerprint density at radius 3 is 2.65 bits per heavy atom. The largest absolute Gasteiger partial charge is 0.496 e. The van der Waals surface area contributed by atoms with Crippen molar-refractivity contribution in [2.45, 2.75) is 4.90 Å². The molecule has 0 aliphatic carbocycles. The fourth-order valence-electron chi connectivity index (χ4n) is 2.08. The summed E-state index contributed by atoms with van der Waals surface area (Å²) in [4.78, 5) is 35.3. The summed E-state index contributed by atoms with van der Waals surface area (Å²) < 4.78 is 9.94. The van der Waals surface area contributed by atoms with E-state index >= 15 is 0 Å². The van der Waals surface area contributed by atoms with Crippen LogP contribution < -0.4 is 10.1 Å². The summed E-state index contributed by atoms with van der Waals surface area (Å²) in [7, 11) is 1.32. The van der Waals surface area contributed by atoms with Crippen LogP contribution in [0.25, 0.3) is 0 Å². The zero-order chi connectivity index (χ0) is 19.1. The van der Waals surface area contributed by atoms with E-state index in [-0.39, 0.29) is 17.0 Å². The lowest BCUT2D eigenvalue weighted by Gasteiger charge is -2.09. The molecule has 2 aromatic rings. The number of non-ortho nitro benzene ring substituents is 1. The fraction of sp³-hybridized carbons (Fsp3) is 0.176. The third-order valence-corrected chi connectivity index (χ3v) is 4.03. The molecule has 0 bridgehead atoms. The van der Waals surface area contributed by atoms with E-state index in [1.807, 2.05) is 12.3 Å². The second-order valence-corrected chi connectivity index (χ2v) is 5.88. The van der Waals surface area contributed by atoms with Gasteiger partial charge in [-0.1, -0.05) is 6.07 Å². The first-order chi connectivity index (χ1) is 12.4. The van der Waals surface area contributed by atoms with E-state index in [2.05, 4.69) is 5.32 Å². The molecule has 0 aliphatic heterocycles. The van der Waals surface area contributed by atoms with E-state index in [9.17, 15) is 19.7 Å². The number of carbonyl (C=O) groups excluding carboxylic acids is 2. The normalized spacial score (nSPS) is 10.1. The fourth-order valence-corrected chi connectivity index (χ4v) is 2.54. The molecule has 9 heteroatoms. The standard InChI is InChI=1S/C17H16N2O6S/c1-24-15-7-6-12(19(22)23)9-14(15)17(21)25-10-16(20)18-11-4-3-5-13(8-11)26-2/h3-9H,10H2,1-2H3,(H,18,20). The van der Waals surface area contributed by atoms with Crippen LogP contribution in [0.1, 0.15) is 10.4 Å². The molecule has 0 fully saturated rings. The highest BCUT2D eigenvalue weighted by molar-refractivity contribution is 7.98. The van der Waals surface area contributed by atoms with E-state index in [4.69, 9.17) is 9.47 Å². The second kappa shape index (κ2) is 8.86. The molecule has 0 aliphatic rings. The molecule has 0 spiro atoms. The molecule has 0 aromatic heterocycles. The van der Waals surface area contributed by atoms with E-state index in [1.54, 1.807) is 18.2 Å². The Kier molecular flexibility index (Phi) is 6.56. The molecule has 0 unspecified atom stereocenters. The van der Waals surface area contributed by atoms with Gasteiger partial charge in [0.2, 0.25) is 0 Å². The first kappa shape index (κ1) is 19.3. The highest BCUT2D eigenvalue weighted by Crippen LogP contribution is 2.24. The number of thioether (sulfide) groups is 1. The monoisotopic (exact) mass is 376 g/mol. The molecule has 0 radical (unpaired) electrons. The van der Waals surface area contributed by atoms with Gasteiger partial charge in [-0.15, -0.1) is 11.8 Å². The molecule has 1 N–H and O–H groups in total. The summed E-state index contributed by atoms with van der Waals surface area (Å²) in [5.41, 5.74) is 0.167. The van der Waals surface area contributed by atoms with Crippen molar-refractivity contribution < 1.29 is 24.0 Å². The van der Waals surface area contributed by atoms with Crippen LogP contribution in [0.3, 0.4) is 0 Å². The molecule has 1 amide bonds. The van der Waals surface area contributed by atoms with E-state index < -0.39 is 23.4 Å². The number of nitrogens with one attached hydrogen (secondary N) is 1. The Balaban J connectivity index is 2.02. The molecule has 136 valence electrons. The number of anilines is 1. The Morgan fingerprint density at radius 2 is 2.00 bits per heavy atom. The predicted molar refractivity (Wildman–Crippen MR) is 96.8 cm³/mol. The van der Waals surface area contributed by atoms with Crippen LogP contribution in [0.2, 0.25) is 0 Å². The smallest absolute Gasteiger partial charge is 0.342 e. The topological polar surface area (TPSA) is 108 Å². The number of hydrogen-bond donors (Lipinski definition) is 1. The highest BCUT2D eigenvalue weighted by atomic mass is 32.2. The minimum atomic E-state index is -0.890. The Morgan fingerprint density at radius 1 is 1.23 bits per heavy atom. The first-order valence-corrected chi connectivity index (χ1v) is 8.60. The van der Waals surface area contributed by atoms with Crippen LogP contribution in [-0.2, 0) is 9.53 Å². The van der Waals surface area contributed by atoms with Crippen LogP contribution in [0.5, 0.6) is 5.75 Å². The van der Waals surface area contributed by atoms with Gasteiger partial charge < -0.3 is 14.8 Å². The number of nitrogens with zero attached hydrogens (tertiary/aromatic N) is 1. The summed E-state index contributed by atoms with van der Waals surface area (Å²) >= 11 is 1.53. The van der Waals surface area contributed by atoms with Crippen LogP contribution in [0, 0.1) is 10.1 Å². The van der Waals surface area contributed by atoms with Gasteiger partial charge in [0.1, 0.15) is 11.3 Å². The van der Waals surface area contributed by atoms with Gasteiger partial charge in [-0.3, -0.25) is 14.9 Å². The molecule has 0 heterocycles. The number of benzene rings is 2. The summed E-state index contributed by atoms with van der Waals surface area (Å²) in [5, 5.41) is 13.5. The summed E-state index contributed by atoms with van der Waals surface area (Å²) in [6, 6.07) is 10.7. The van der Waals surface area contributed by atoms with Crippen molar-refractivity contribution in [1.29, 1.82) is 0 Å². The molecular weight excluding hydrogens is 360 g/mol. The van der Waals surface area contributed by atoms with Gasteiger partial charge in [-0.2, -0.15) is 0 Å². The minimum Gasteiger partial charge on any atom is -0.496 e. The Labute approximate surface area is 153 Å². The average Bonchev–Trinajstić information content (AvgIpc) is 2.65. The van der Waals surface area contributed by atoms with Gasteiger partial charge >= 0.3 is 5.97 Å². The van der Waals surface area contributed by atoms with Crippen molar-refractivity contribution in [3.63, 3.8) is 0 Å². The van der Waals surface area contributed by atoms with Crippen LogP contribution in [-0.4, -0.2) is 36.8 Å². The maximum Gasteiger partial charge on any atom is 0.342 e. The van der Waals surface area contributed by atoms with Gasteiger partial charge in [0.15, 0.2) is 6.61 Å². The maximum atomic E-state index is 12.1. The quantitative estimate of drug-likeness (QED) is 0.342. The highest BCUT2D eigenvalue weighted by Gasteiger charge is 2.19. The average molecular weight is 376 g/mol. The van der Waals surface area contributed by atoms with E-state index in [0.717, 1.165) is 11.0 Å². The van der Waals surface area contributed by atoms with Crippen molar-refractivity contribution in [3.05, 3.63) is 58.1 Å². The van der Waals surface area contributed by atoms with Crippen LogP contribution in [0.4, 0.5) is 11.4 Å². The lowest BCUT2D eigenvalue weighted by molar-refractivity contribution is -0.384. The Bertz CT molecular complexity index is 840. The molecule has 0 saturated heterocycles. The molecule has 0 atom stereocenters. The second-order valence-electron chi connectivity index (χ2n) is 5.00. The Hall–Kier alpha value is -3.07. The van der Waals surface area contributed by atoms with Gasteiger partial charge in [-0.05, 0) is 30.5 Å². The van der Waals surface area contributed by atoms with E-state index in [1.165, 1.54) is 31.0 Å². The van der Waals surface area contributed by atoms with E-state index in [0.29, 0.717) is 5.69 Å². The van der Waals surface area contributed by atoms with Crippen molar-refractivity contribution in [2.75, 3.05) is 25.3 Å². The molecule has 26 heavy (non-hydrogen) atoms. The third-order valence-electron chi connectivity index (χ3n) is 3.30. The number of methoxy groups -OCH3 is 1. The van der Waals surface area contributed by atoms with Crippen LogP contribution in [0.15, 0.2) is 47.4 Å². The molecule has 2 aromatic carbocycles. The predicted octanol–water partition coefficient (Wildman–Crippen LogP) is 3.12. The zero-order valence-corrected chi connectivity index (χ0v) is 14.9. The van der Waals surface area contributed by atoms with Gasteiger partial charge in [0, 0.05) is 22.7 Å². The maximum absolute atomic E-state index is 12.1. The van der Waals surface area contributed by atoms with Gasteiger partial charge in [0.25, 0.3) is 11.6 Å². The number of nitro groups is 1. The number of nitro benzene ring substituents is 1. The zero-order valence-electron chi connectivity index (χ0n) is 14.1. The lowest BCUT2D eigenvalue weighted by atomic mass is 10.2. The first-order valence-electron chi connectivity index (χ1n) is 7.38. The SMILES string of the molecule is COc1ccc([N+](=O)[O-])cc1C(=O)OCC(=O)Nc1cccc(SC)c1. The summed E-state index contributed by atoms with van der Waals surface area (Å²) in [5.74, 6) is -1.30. The molecular formula is C17H16N2O6S. The summed E-state index contributed by atoms with van der Waals surface area (Å²) in [6.45, 7) is -0.534. The number of rotatable bonds is 7. The van der Waals surface area contributed by atoms with Crippen LogP contribution >= 0.6 is 11.8 Å². The molecule has 0 saturated carbocycles. The minimum absolute atomic E-state index is 0.119. The van der Waals surface area contributed by atoms with Crippen molar-refractivity contribution in [2.24, 2.45) is 0 Å². The van der Waals surface area contributed by atoms with Crippen molar-refractivity contribution in [1.82, 2.24) is 0 Å². The van der Waals surface area contributed by atoms with Gasteiger partial charge in [0.05, 0.1) is 12.0 Å². The number of ether oxygens (including phenoxy) is 2. The summed E-state index contributed by atoms with van der Waals surface area (Å²) in [6.07, 6.45) is 1.91. The number of amides is 1. The number of hydrogen-bond acceptors (Lipinski definition) is 7. The molecule has 8 nitrogen and oxygen atoms in total. The lowest BCUT2D eigenvalue weighted by Crippen LogP contribution is -2.21. The third kappa shape index (κ3) is 4.96. The number of carbonyl (C=O) groups is 2. The molecule has 2 rings (SSSR count).